The van der Waals surface area contributed by atoms with Crippen molar-refractivity contribution >= 4 is 5.91 Å². The van der Waals surface area contributed by atoms with Crippen molar-refractivity contribution in [1.29, 1.82) is 0 Å². The highest BCUT2D eigenvalue weighted by atomic mass is 16.3. The van der Waals surface area contributed by atoms with Crippen molar-refractivity contribution < 1.29 is 9.90 Å². The summed E-state index contributed by atoms with van der Waals surface area (Å²) in [5, 5.41) is 12.4. The lowest BCUT2D eigenvalue weighted by molar-refractivity contribution is -0.129. The third kappa shape index (κ3) is 1.96. The molecule has 1 heterocycles. The number of amides is 1. The lowest BCUT2D eigenvalue weighted by Gasteiger charge is -2.28. The molecule has 0 unspecified atom stereocenters. The Morgan fingerprint density at radius 1 is 1.50 bits per heavy atom. The van der Waals surface area contributed by atoms with Crippen LogP contribution in [0.5, 0.6) is 0 Å². The molecule has 1 atom stereocenters. The minimum absolute atomic E-state index is 0.171. The van der Waals surface area contributed by atoms with Gasteiger partial charge in [0.2, 0.25) is 5.91 Å². The van der Waals surface area contributed by atoms with Crippen LogP contribution in [0.15, 0.2) is 0 Å². The second kappa shape index (κ2) is 4.72. The summed E-state index contributed by atoms with van der Waals surface area (Å²) in [4.78, 5) is 13.8. The van der Waals surface area contributed by atoms with Gasteiger partial charge in [0.25, 0.3) is 0 Å². The van der Waals surface area contributed by atoms with Crippen LogP contribution in [0.1, 0.15) is 25.7 Å². The number of likely N-dealkylation sites (N-methyl/N-ethyl adjacent to an activating group) is 1. The Bertz CT molecular complexity index is 262. The van der Waals surface area contributed by atoms with Gasteiger partial charge in [-0.3, -0.25) is 4.79 Å². The van der Waals surface area contributed by atoms with Crippen molar-refractivity contribution in [3.63, 3.8) is 0 Å². The zero-order valence-electron chi connectivity index (χ0n) is 10.0. The SMILES string of the molecule is CNCC(=O)N1C[C@H](CO)C2(CCCC2)C1. The fourth-order valence-corrected chi connectivity index (χ4v) is 3.38. The van der Waals surface area contributed by atoms with E-state index >= 15 is 0 Å². The molecule has 0 bridgehead atoms. The van der Waals surface area contributed by atoms with Crippen LogP contribution in [0.2, 0.25) is 0 Å². The minimum atomic E-state index is 0.171. The van der Waals surface area contributed by atoms with Gasteiger partial charge in [-0.15, -0.1) is 0 Å². The molecule has 1 amide bonds. The third-order valence-electron chi connectivity index (χ3n) is 4.31. The molecule has 0 aromatic carbocycles. The van der Waals surface area contributed by atoms with Crippen LogP contribution in [-0.2, 0) is 4.79 Å². The maximum absolute atomic E-state index is 11.8. The lowest BCUT2D eigenvalue weighted by atomic mass is 9.77. The third-order valence-corrected chi connectivity index (χ3v) is 4.31. The zero-order valence-corrected chi connectivity index (χ0v) is 10.0. The van der Waals surface area contributed by atoms with E-state index in [1.807, 2.05) is 4.90 Å². The molecule has 92 valence electrons. The van der Waals surface area contributed by atoms with E-state index in [2.05, 4.69) is 5.32 Å². The number of nitrogens with one attached hydrogen (secondary N) is 1. The molecule has 2 N–H and O–H groups in total. The van der Waals surface area contributed by atoms with Crippen LogP contribution in [0.25, 0.3) is 0 Å². The van der Waals surface area contributed by atoms with Gasteiger partial charge in [0.1, 0.15) is 0 Å². The summed E-state index contributed by atoms with van der Waals surface area (Å²) in [6.07, 6.45) is 4.87. The number of aliphatic hydroxyl groups excluding tert-OH is 1. The Morgan fingerprint density at radius 2 is 2.19 bits per heavy atom. The highest BCUT2D eigenvalue weighted by molar-refractivity contribution is 5.78. The number of nitrogens with zero attached hydrogens (tertiary/aromatic N) is 1. The van der Waals surface area contributed by atoms with Crippen LogP contribution in [0, 0.1) is 11.3 Å². The van der Waals surface area contributed by atoms with Gasteiger partial charge in [0.15, 0.2) is 0 Å². The smallest absolute Gasteiger partial charge is 0.236 e. The van der Waals surface area contributed by atoms with E-state index in [9.17, 15) is 9.90 Å². The van der Waals surface area contributed by atoms with E-state index < -0.39 is 0 Å². The van der Waals surface area contributed by atoms with Crippen molar-refractivity contribution in [3.05, 3.63) is 0 Å². The first-order valence-corrected chi connectivity index (χ1v) is 6.25. The number of hydrogen-bond acceptors (Lipinski definition) is 3. The van der Waals surface area contributed by atoms with Crippen molar-refractivity contribution in [2.45, 2.75) is 25.7 Å². The topological polar surface area (TPSA) is 52.6 Å². The standard InChI is InChI=1S/C12H22N2O2/c1-13-6-11(16)14-7-10(8-15)12(9-14)4-2-3-5-12/h10,13,15H,2-9H2,1H3/t10-/m1/s1. The Labute approximate surface area is 97.0 Å². The highest BCUT2D eigenvalue weighted by Crippen LogP contribution is 2.48. The minimum Gasteiger partial charge on any atom is -0.396 e. The van der Waals surface area contributed by atoms with Gasteiger partial charge in [0, 0.05) is 25.6 Å². The van der Waals surface area contributed by atoms with E-state index in [1.165, 1.54) is 25.7 Å². The van der Waals surface area contributed by atoms with Crippen molar-refractivity contribution in [2.75, 3.05) is 33.3 Å². The predicted molar refractivity (Wildman–Crippen MR) is 62.0 cm³/mol. The fraction of sp³-hybridized carbons (Fsp3) is 0.917. The normalized spacial score (nSPS) is 27.9. The summed E-state index contributed by atoms with van der Waals surface area (Å²) in [6, 6.07) is 0. The van der Waals surface area contributed by atoms with Crippen LogP contribution in [-0.4, -0.2) is 49.2 Å². The van der Waals surface area contributed by atoms with Gasteiger partial charge >= 0.3 is 0 Å². The van der Waals surface area contributed by atoms with E-state index in [0.29, 0.717) is 12.5 Å². The van der Waals surface area contributed by atoms with Gasteiger partial charge in [-0.1, -0.05) is 12.8 Å². The van der Waals surface area contributed by atoms with Crippen LogP contribution in [0.3, 0.4) is 0 Å². The Morgan fingerprint density at radius 3 is 2.75 bits per heavy atom. The summed E-state index contributed by atoms with van der Waals surface area (Å²) in [5.41, 5.74) is 0.234. The molecule has 1 spiro atoms. The van der Waals surface area contributed by atoms with E-state index in [-0.39, 0.29) is 17.9 Å². The van der Waals surface area contributed by atoms with E-state index in [1.54, 1.807) is 7.05 Å². The molecule has 1 saturated carbocycles. The summed E-state index contributed by atoms with van der Waals surface area (Å²) < 4.78 is 0. The summed E-state index contributed by atoms with van der Waals surface area (Å²) >= 11 is 0. The lowest BCUT2D eigenvalue weighted by Crippen LogP contribution is -2.36. The molecule has 1 aliphatic heterocycles. The maximum Gasteiger partial charge on any atom is 0.236 e. The Hall–Kier alpha value is -0.610. The van der Waals surface area contributed by atoms with Gasteiger partial charge in [-0.05, 0) is 25.3 Å². The molecule has 1 saturated heterocycles. The average Bonchev–Trinajstić information content (AvgIpc) is 2.87. The molecular weight excluding hydrogens is 204 g/mol. The van der Waals surface area contributed by atoms with Crippen LogP contribution >= 0.6 is 0 Å². The fourth-order valence-electron chi connectivity index (χ4n) is 3.38. The molecule has 1 aliphatic carbocycles. The average molecular weight is 226 g/mol. The molecule has 0 aromatic rings. The first kappa shape index (κ1) is 11.9. The van der Waals surface area contributed by atoms with E-state index in [4.69, 9.17) is 0 Å². The Kier molecular flexibility index (Phi) is 3.50. The molecule has 2 rings (SSSR count). The second-order valence-corrected chi connectivity index (χ2v) is 5.25. The number of aliphatic hydroxyl groups is 1. The van der Waals surface area contributed by atoms with Crippen LogP contribution < -0.4 is 5.32 Å². The first-order chi connectivity index (χ1) is 7.72. The van der Waals surface area contributed by atoms with E-state index in [0.717, 1.165) is 13.1 Å². The molecule has 4 heteroatoms. The summed E-state index contributed by atoms with van der Waals surface area (Å²) in [5.74, 6) is 0.473. The number of rotatable bonds is 3. The zero-order chi connectivity index (χ0) is 11.6. The second-order valence-electron chi connectivity index (χ2n) is 5.25. The Balaban J connectivity index is 2.04. The monoisotopic (exact) mass is 226 g/mol. The molecule has 4 nitrogen and oxygen atoms in total. The molecular formula is C12H22N2O2. The molecule has 2 fully saturated rings. The van der Waals surface area contributed by atoms with Gasteiger partial charge in [0.05, 0.1) is 6.54 Å². The molecule has 16 heavy (non-hydrogen) atoms. The number of carbonyl (C=O) groups excluding carboxylic acids is 1. The van der Waals surface area contributed by atoms with Crippen LogP contribution in [0.4, 0.5) is 0 Å². The number of hydrogen-bond donors (Lipinski definition) is 2. The summed E-state index contributed by atoms with van der Waals surface area (Å²) in [6.45, 7) is 2.24. The van der Waals surface area contributed by atoms with Gasteiger partial charge < -0.3 is 15.3 Å². The molecule has 2 aliphatic rings. The maximum atomic E-state index is 11.8. The van der Waals surface area contributed by atoms with Crippen molar-refractivity contribution in [1.82, 2.24) is 10.2 Å². The first-order valence-electron chi connectivity index (χ1n) is 6.25. The summed E-state index contributed by atoms with van der Waals surface area (Å²) in [7, 11) is 1.79. The van der Waals surface area contributed by atoms with Gasteiger partial charge in [-0.25, -0.2) is 0 Å². The molecule has 0 aromatic heterocycles. The van der Waals surface area contributed by atoms with Crippen molar-refractivity contribution in [2.24, 2.45) is 11.3 Å². The highest BCUT2D eigenvalue weighted by Gasteiger charge is 2.48. The van der Waals surface area contributed by atoms with Crippen molar-refractivity contribution in [3.8, 4) is 0 Å². The number of carbonyl (C=O) groups is 1. The molecule has 0 radical (unpaired) electrons. The largest absolute Gasteiger partial charge is 0.396 e. The number of likely N-dealkylation sites (tertiary alicyclic amines) is 1. The quantitative estimate of drug-likeness (QED) is 0.723. The van der Waals surface area contributed by atoms with Gasteiger partial charge in [-0.2, -0.15) is 0 Å². The predicted octanol–water partition coefficient (Wildman–Crippen LogP) is 0.217.